The Hall–Kier alpha value is -6.37. The number of imide groups is 2. The number of aryl methyl sites for hydroxylation is 2. The normalized spacial score (nSPS) is 18.3. The number of urea groups is 1. The first kappa shape index (κ1) is 39.8. The van der Waals surface area contributed by atoms with Gasteiger partial charge < -0.3 is 29.5 Å². The Morgan fingerprint density at radius 1 is 0.764 bits per heavy atom. The van der Waals surface area contributed by atoms with Gasteiger partial charge in [0, 0.05) is 58.9 Å². The Balaban J connectivity index is 0.000000176. The van der Waals surface area contributed by atoms with Gasteiger partial charge in [-0.25, -0.2) is 4.79 Å². The number of nitrogens with one attached hydrogen (secondary N) is 1. The first-order valence-electron chi connectivity index (χ1n) is 18.1. The standard InChI is InChI=1S/C20H21N3O4.C13H16N2O3.C9H11N/c1-21-18(25)16(19(26)22(2)20(21)27)13-15(24)9-6-12-23-11-5-8-14-7-3-4-10-17(14)23;1-13(2)14(3)11(16)10(12(17)15(13)4)8-9-6-5-7-18-9;1-2-6-9-8(4-1)5-3-7-10-9/h3-4,6-7,9-10,12-13,24H,5,8,11H2,1-2H3;5-8H,1-4H3;1-2,4,6,10H,3,5,7H2/b12-6+,15-9-;;. The lowest BCUT2D eigenvalue weighted by atomic mass is 10.0. The molecule has 5 heterocycles. The van der Waals surface area contributed by atoms with E-state index in [0.717, 1.165) is 47.5 Å². The predicted molar refractivity (Wildman–Crippen MR) is 211 cm³/mol. The average molecular weight is 749 g/mol. The average Bonchev–Trinajstić information content (AvgIpc) is 3.72. The molecule has 0 saturated carbocycles. The van der Waals surface area contributed by atoms with Gasteiger partial charge in [-0.1, -0.05) is 36.4 Å². The number of fused-ring (bicyclic) bond motifs is 2. The van der Waals surface area contributed by atoms with Crippen molar-refractivity contribution in [2.24, 2.45) is 0 Å². The van der Waals surface area contributed by atoms with E-state index < -0.39 is 23.5 Å². The molecule has 1 aromatic heterocycles. The molecule has 2 saturated heterocycles. The molecule has 4 aliphatic rings. The van der Waals surface area contributed by atoms with E-state index in [-0.39, 0.29) is 28.7 Å². The Bertz CT molecular complexity index is 1990. The minimum atomic E-state index is -0.739. The van der Waals surface area contributed by atoms with E-state index in [1.807, 2.05) is 38.2 Å². The molecule has 2 N–H and O–H groups in total. The number of nitrogens with zero attached hydrogens (tertiary/aromatic N) is 5. The molecule has 0 spiro atoms. The van der Waals surface area contributed by atoms with Gasteiger partial charge in [0.05, 0.1) is 6.26 Å². The van der Waals surface area contributed by atoms with Crippen LogP contribution in [-0.4, -0.2) is 101 Å². The van der Waals surface area contributed by atoms with Gasteiger partial charge in [0.25, 0.3) is 23.6 Å². The van der Waals surface area contributed by atoms with Crippen LogP contribution in [0.3, 0.4) is 0 Å². The molecular formula is C42H48N6O7. The number of benzene rings is 2. The minimum absolute atomic E-state index is 0.120. The van der Waals surface area contributed by atoms with Crippen LogP contribution in [0, 0.1) is 0 Å². The maximum absolute atomic E-state index is 12.2. The molecule has 0 bridgehead atoms. The molecule has 0 aliphatic carbocycles. The molecule has 3 aromatic rings. The molecule has 2 aromatic carbocycles. The van der Waals surface area contributed by atoms with Crippen LogP contribution < -0.4 is 10.2 Å². The molecule has 4 aliphatic heterocycles. The van der Waals surface area contributed by atoms with E-state index in [1.54, 1.807) is 42.1 Å². The minimum Gasteiger partial charge on any atom is -0.508 e. The zero-order valence-corrected chi connectivity index (χ0v) is 32.1. The van der Waals surface area contributed by atoms with Gasteiger partial charge in [0.15, 0.2) is 0 Å². The second-order valence-electron chi connectivity index (χ2n) is 13.9. The van der Waals surface area contributed by atoms with E-state index >= 15 is 0 Å². The Morgan fingerprint density at radius 3 is 2.02 bits per heavy atom. The third kappa shape index (κ3) is 8.89. The Morgan fingerprint density at radius 2 is 1.38 bits per heavy atom. The Kier molecular flexibility index (Phi) is 12.4. The van der Waals surface area contributed by atoms with E-state index in [9.17, 15) is 29.1 Å². The number of hydrogen-bond acceptors (Lipinski definition) is 9. The summed E-state index contributed by atoms with van der Waals surface area (Å²) in [6, 6.07) is 19.4. The third-order valence-corrected chi connectivity index (χ3v) is 10.1. The van der Waals surface area contributed by atoms with Gasteiger partial charge in [-0.2, -0.15) is 0 Å². The topological polar surface area (TPSA) is 147 Å². The second-order valence-corrected chi connectivity index (χ2v) is 13.9. The van der Waals surface area contributed by atoms with Crippen molar-refractivity contribution in [2.75, 3.05) is 51.5 Å². The molecule has 13 nitrogen and oxygen atoms in total. The lowest BCUT2D eigenvalue weighted by molar-refractivity contribution is -0.155. The monoisotopic (exact) mass is 748 g/mol. The van der Waals surface area contributed by atoms with Crippen molar-refractivity contribution < 1.29 is 33.5 Å². The summed E-state index contributed by atoms with van der Waals surface area (Å²) in [4.78, 5) is 67.2. The van der Waals surface area contributed by atoms with Crippen LogP contribution in [0.25, 0.3) is 6.08 Å². The number of barbiturate groups is 1. The molecule has 0 radical (unpaired) electrons. The van der Waals surface area contributed by atoms with E-state index in [1.165, 1.54) is 62.2 Å². The zero-order chi connectivity index (χ0) is 39.9. The van der Waals surface area contributed by atoms with Gasteiger partial charge in [0.2, 0.25) is 0 Å². The second kappa shape index (κ2) is 17.2. The highest BCUT2D eigenvalue weighted by atomic mass is 16.3. The van der Waals surface area contributed by atoms with E-state index in [2.05, 4.69) is 40.5 Å². The Labute approximate surface area is 321 Å². The fourth-order valence-electron chi connectivity index (χ4n) is 6.36. The van der Waals surface area contributed by atoms with E-state index in [4.69, 9.17) is 4.42 Å². The van der Waals surface area contributed by atoms with Crippen LogP contribution in [0.4, 0.5) is 16.2 Å². The van der Waals surface area contributed by atoms with E-state index in [0.29, 0.717) is 5.76 Å². The summed E-state index contributed by atoms with van der Waals surface area (Å²) in [5.41, 5.74) is 4.43. The number of rotatable bonds is 4. The van der Waals surface area contributed by atoms with Crippen LogP contribution in [-0.2, 0) is 32.0 Å². The first-order valence-corrected chi connectivity index (χ1v) is 18.1. The summed E-state index contributed by atoms with van der Waals surface area (Å²) in [5, 5.41) is 13.5. The van der Waals surface area contributed by atoms with Crippen LogP contribution in [0.5, 0.6) is 0 Å². The fourth-order valence-corrected chi connectivity index (χ4v) is 6.36. The SMILES string of the molecule is CN1C(=O)C(=C/C(O)=C/C=C/N2CCCc3ccccc32)C(=O)N(C)C1=O.CN1C(=O)C(=Cc2ccco2)C(=O)N(C)C1(C)C.c1ccc2c(c1)CCCN2. The maximum Gasteiger partial charge on any atom is 0.333 e. The molecule has 2 fully saturated rings. The predicted octanol–water partition coefficient (Wildman–Crippen LogP) is 5.75. The van der Waals surface area contributed by atoms with Crippen molar-refractivity contribution in [1.29, 1.82) is 0 Å². The van der Waals surface area contributed by atoms with Gasteiger partial charge in [0.1, 0.15) is 28.3 Å². The molecule has 0 unspecified atom stereocenters. The zero-order valence-electron chi connectivity index (χ0n) is 32.1. The highest BCUT2D eigenvalue weighted by molar-refractivity contribution is 6.28. The molecule has 6 amide bonds. The lowest BCUT2D eigenvalue weighted by Gasteiger charge is -2.47. The van der Waals surface area contributed by atoms with Gasteiger partial charge in [-0.3, -0.25) is 29.0 Å². The number of allylic oxidation sites excluding steroid dienone is 3. The number of para-hydroxylation sites is 2. The number of carbonyl (C=O) groups is 5. The molecule has 55 heavy (non-hydrogen) atoms. The van der Waals surface area contributed by atoms with Crippen LogP contribution in [0.15, 0.2) is 113 Å². The number of likely N-dealkylation sites (N-methyl/N-ethyl adjacent to an activating group) is 4. The van der Waals surface area contributed by atoms with Crippen molar-refractivity contribution in [3.8, 4) is 0 Å². The lowest BCUT2D eigenvalue weighted by Crippen LogP contribution is -2.63. The highest BCUT2D eigenvalue weighted by Gasteiger charge is 2.44. The number of furan rings is 1. The number of carbonyl (C=O) groups excluding carboxylic acids is 5. The summed E-state index contributed by atoms with van der Waals surface area (Å²) >= 11 is 0. The number of aliphatic hydroxyl groups is 1. The number of aliphatic hydroxyl groups excluding tert-OH is 1. The largest absolute Gasteiger partial charge is 0.508 e. The van der Waals surface area contributed by atoms with Gasteiger partial charge in [-0.05, 0) is 99.2 Å². The molecule has 0 atom stereocenters. The van der Waals surface area contributed by atoms with Crippen molar-refractivity contribution in [1.82, 2.24) is 19.6 Å². The van der Waals surface area contributed by atoms with Crippen molar-refractivity contribution >= 4 is 47.1 Å². The number of hydrogen-bond donors (Lipinski definition) is 2. The molecule has 288 valence electrons. The molecular weight excluding hydrogens is 700 g/mol. The summed E-state index contributed by atoms with van der Waals surface area (Å²) in [6.45, 7) is 5.66. The summed E-state index contributed by atoms with van der Waals surface area (Å²) in [6.07, 6.45) is 13.6. The van der Waals surface area contributed by atoms with Crippen molar-refractivity contribution in [3.05, 3.63) is 125 Å². The summed E-state index contributed by atoms with van der Waals surface area (Å²) < 4.78 is 5.14. The molecule has 7 rings (SSSR count). The number of amides is 6. The van der Waals surface area contributed by atoms with Crippen LogP contribution >= 0.6 is 0 Å². The summed E-state index contributed by atoms with van der Waals surface area (Å²) in [5.74, 6) is -1.81. The van der Waals surface area contributed by atoms with Gasteiger partial charge in [-0.15, -0.1) is 0 Å². The van der Waals surface area contributed by atoms with Crippen LogP contribution in [0.2, 0.25) is 0 Å². The quantitative estimate of drug-likeness (QED) is 0.148. The van der Waals surface area contributed by atoms with Crippen molar-refractivity contribution in [2.45, 2.75) is 45.2 Å². The maximum atomic E-state index is 12.2. The third-order valence-electron chi connectivity index (χ3n) is 10.1. The summed E-state index contributed by atoms with van der Waals surface area (Å²) in [7, 11) is 5.94. The fraction of sp³-hybridized carbons (Fsp3) is 0.310. The number of anilines is 2. The highest BCUT2D eigenvalue weighted by Crippen LogP contribution is 2.29. The van der Waals surface area contributed by atoms with Gasteiger partial charge >= 0.3 is 6.03 Å². The first-order chi connectivity index (χ1) is 26.2. The molecule has 13 heteroatoms. The van der Waals surface area contributed by atoms with Crippen molar-refractivity contribution in [3.63, 3.8) is 0 Å². The smallest absolute Gasteiger partial charge is 0.333 e. The van der Waals surface area contributed by atoms with Crippen LogP contribution in [0.1, 0.15) is 43.6 Å².